The fraction of sp³-hybridized carbons (Fsp3) is 0.280. The molecule has 0 spiro atoms. The van der Waals surface area contributed by atoms with Crippen LogP contribution >= 0.6 is 0 Å². The van der Waals surface area contributed by atoms with E-state index >= 15 is 0 Å². The number of likely N-dealkylation sites (tertiary alicyclic amines) is 1. The topological polar surface area (TPSA) is 110 Å². The van der Waals surface area contributed by atoms with Crippen molar-refractivity contribution in [2.24, 2.45) is 5.92 Å². The summed E-state index contributed by atoms with van der Waals surface area (Å²) in [7, 11) is 0. The van der Waals surface area contributed by atoms with Gasteiger partial charge in [-0.3, -0.25) is 14.7 Å². The highest BCUT2D eigenvalue weighted by molar-refractivity contribution is 5.92. The van der Waals surface area contributed by atoms with Crippen LogP contribution in [-0.2, 0) is 0 Å². The summed E-state index contributed by atoms with van der Waals surface area (Å²) < 4.78 is 14.1. The zero-order valence-corrected chi connectivity index (χ0v) is 18.0. The van der Waals surface area contributed by atoms with Crippen LogP contribution in [0.15, 0.2) is 59.5 Å². The number of H-pyrrole nitrogens is 1. The molecule has 7 nitrogen and oxygen atoms in total. The standard InChI is InChI=1S/C25H23FN4O3/c1-15(20-6-3-11-30(20)25(33)23-24(32)21(31)14-28-29-23)22(18-4-2-5-19(26)12-18)17-9-7-16(13-27)8-10-17/h2,4-5,7-10,12,14-15,20,22H,3,6,11H2,1H3,(H,28,32)(H,29,31)/t15-,20+,22+/m0/s1. The van der Waals surface area contributed by atoms with Crippen molar-refractivity contribution in [3.8, 4) is 11.8 Å². The minimum atomic E-state index is -0.814. The predicted octanol–water partition coefficient (Wildman–Crippen LogP) is 3.56. The third-order valence-electron chi connectivity index (χ3n) is 6.33. The van der Waals surface area contributed by atoms with Crippen LogP contribution in [0.3, 0.4) is 0 Å². The number of rotatable bonds is 5. The van der Waals surface area contributed by atoms with Gasteiger partial charge in [0.2, 0.25) is 0 Å². The monoisotopic (exact) mass is 446 g/mol. The summed E-state index contributed by atoms with van der Waals surface area (Å²) >= 11 is 0. The number of nitriles is 1. The number of benzene rings is 2. The summed E-state index contributed by atoms with van der Waals surface area (Å²) in [5, 5.41) is 25.1. The second-order valence-corrected chi connectivity index (χ2v) is 8.28. The van der Waals surface area contributed by atoms with Crippen LogP contribution in [0.1, 0.15) is 52.9 Å². The number of carbonyl (C=O) groups is 1. The number of nitrogens with one attached hydrogen (secondary N) is 1. The highest BCUT2D eigenvalue weighted by Gasteiger charge is 2.39. The van der Waals surface area contributed by atoms with Crippen molar-refractivity contribution < 1.29 is 14.3 Å². The molecule has 1 aromatic heterocycles. The van der Waals surface area contributed by atoms with Crippen molar-refractivity contribution >= 4 is 5.91 Å². The number of aromatic nitrogens is 2. The maximum absolute atomic E-state index is 14.1. The van der Waals surface area contributed by atoms with E-state index in [9.17, 15) is 19.1 Å². The lowest BCUT2D eigenvalue weighted by Gasteiger charge is -2.35. The molecule has 8 heteroatoms. The lowest BCUT2D eigenvalue weighted by Crippen LogP contribution is -2.43. The first-order valence-corrected chi connectivity index (χ1v) is 10.7. The molecular formula is C25H23FN4O3. The Hall–Kier alpha value is -3.99. The SMILES string of the molecule is C[C@H]([C@H](c1ccc(C#N)cc1)c1cccc(F)c1)[C@H]1CCCN1C(=O)c1n[nH]cc(O)c1=O. The zero-order valence-electron chi connectivity index (χ0n) is 18.0. The average molecular weight is 446 g/mol. The van der Waals surface area contributed by atoms with Gasteiger partial charge in [-0.2, -0.15) is 10.4 Å². The second kappa shape index (κ2) is 9.25. The highest BCUT2D eigenvalue weighted by atomic mass is 19.1. The van der Waals surface area contributed by atoms with Crippen molar-refractivity contribution in [3.05, 3.63) is 93.2 Å². The number of halogens is 1. The molecule has 2 heterocycles. The summed E-state index contributed by atoms with van der Waals surface area (Å²) in [4.78, 5) is 27.1. The quantitative estimate of drug-likeness (QED) is 0.623. The van der Waals surface area contributed by atoms with Gasteiger partial charge in [0.1, 0.15) is 5.82 Å². The summed E-state index contributed by atoms with van der Waals surface area (Å²) in [5.41, 5.74) is 1.02. The van der Waals surface area contributed by atoms with Gasteiger partial charge in [-0.25, -0.2) is 4.39 Å². The van der Waals surface area contributed by atoms with Crippen LogP contribution < -0.4 is 5.43 Å². The predicted molar refractivity (Wildman–Crippen MR) is 119 cm³/mol. The molecule has 1 aliphatic rings. The van der Waals surface area contributed by atoms with E-state index in [0.29, 0.717) is 18.5 Å². The fourth-order valence-corrected chi connectivity index (χ4v) is 4.75. The van der Waals surface area contributed by atoms with Crippen LogP contribution in [0.5, 0.6) is 5.75 Å². The van der Waals surface area contributed by atoms with E-state index < -0.39 is 17.1 Å². The minimum Gasteiger partial charge on any atom is -0.503 e. The molecule has 3 atom stereocenters. The fourth-order valence-electron chi connectivity index (χ4n) is 4.75. The number of hydrogen-bond donors (Lipinski definition) is 2. The number of hydrogen-bond acceptors (Lipinski definition) is 5. The zero-order chi connectivity index (χ0) is 23.5. The number of carbonyl (C=O) groups excluding carboxylic acids is 1. The van der Waals surface area contributed by atoms with Crippen molar-refractivity contribution in [2.45, 2.75) is 31.7 Å². The van der Waals surface area contributed by atoms with Gasteiger partial charge in [-0.05, 0) is 54.2 Å². The smallest absolute Gasteiger partial charge is 0.278 e. The molecule has 168 valence electrons. The summed E-state index contributed by atoms with van der Waals surface area (Å²) in [6.07, 6.45) is 2.50. The van der Waals surface area contributed by atoms with Crippen LogP contribution in [0.4, 0.5) is 4.39 Å². The third-order valence-corrected chi connectivity index (χ3v) is 6.33. The molecule has 0 aliphatic carbocycles. The summed E-state index contributed by atoms with van der Waals surface area (Å²) in [6.45, 7) is 2.46. The van der Waals surface area contributed by atoms with Gasteiger partial charge in [-0.1, -0.05) is 31.2 Å². The Labute approximate surface area is 190 Å². The molecule has 1 amide bonds. The molecule has 3 aromatic rings. The van der Waals surface area contributed by atoms with Gasteiger partial charge in [-0.15, -0.1) is 0 Å². The van der Waals surface area contributed by atoms with Crippen molar-refractivity contribution in [1.29, 1.82) is 5.26 Å². The van der Waals surface area contributed by atoms with E-state index in [2.05, 4.69) is 16.3 Å². The maximum atomic E-state index is 14.1. The lowest BCUT2D eigenvalue weighted by atomic mass is 9.77. The Bertz CT molecular complexity index is 1270. The van der Waals surface area contributed by atoms with Gasteiger partial charge in [0.15, 0.2) is 11.4 Å². The van der Waals surface area contributed by atoms with E-state index in [4.69, 9.17) is 5.26 Å². The highest BCUT2D eigenvalue weighted by Crippen LogP contribution is 2.39. The Balaban J connectivity index is 1.72. The lowest BCUT2D eigenvalue weighted by molar-refractivity contribution is 0.0677. The van der Waals surface area contributed by atoms with Gasteiger partial charge in [0.25, 0.3) is 11.3 Å². The first-order valence-electron chi connectivity index (χ1n) is 10.7. The van der Waals surface area contributed by atoms with Crippen LogP contribution in [-0.4, -0.2) is 38.7 Å². The van der Waals surface area contributed by atoms with E-state index in [1.807, 2.05) is 25.1 Å². The third kappa shape index (κ3) is 4.35. The van der Waals surface area contributed by atoms with Gasteiger partial charge >= 0.3 is 0 Å². The van der Waals surface area contributed by atoms with Crippen molar-refractivity contribution in [3.63, 3.8) is 0 Å². The number of aromatic hydroxyl groups is 1. The molecule has 0 bridgehead atoms. The molecule has 0 radical (unpaired) electrons. The van der Waals surface area contributed by atoms with Gasteiger partial charge in [0.05, 0.1) is 17.8 Å². The van der Waals surface area contributed by atoms with Crippen LogP contribution in [0.25, 0.3) is 0 Å². The molecule has 1 saturated heterocycles. The molecule has 0 saturated carbocycles. The van der Waals surface area contributed by atoms with E-state index in [1.165, 1.54) is 12.1 Å². The van der Waals surface area contributed by atoms with Crippen molar-refractivity contribution in [2.75, 3.05) is 6.54 Å². The first kappa shape index (κ1) is 22.2. The number of aromatic amines is 1. The molecule has 2 N–H and O–H groups in total. The second-order valence-electron chi connectivity index (χ2n) is 8.28. The maximum Gasteiger partial charge on any atom is 0.278 e. The van der Waals surface area contributed by atoms with E-state index in [1.54, 1.807) is 23.1 Å². The molecule has 2 aromatic carbocycles. The van der Waals surface area contributed by atoms with Gasteiger partial charge in [0, 0.05) is 18.5 Å². The average Bonchev–Trinajstić information content (AvgIpc) is 3.31. The number of nitrogens with zero attached hydrogens (tertiary/aromatic N) is 3. The molecule has 4 rings (SSSR count). The Kier molecular flexibility index (Phi) is 6.22. The Morgan fingerprint density at radius 1 is 1.27 bits per heavy atom. The van der Waals surface area contributed by atoms with E-state index in [-0.39, 0.29) is 29.4 Å². The summed E-state index contributed by atoms with van der Waals surface area (Å²) in [6, 6.07) is 15.4. The molecule has 1 fully saturated rings. The normalized spacial score (nSPS) is 17.4. The minimum absolute atomic E-state index is 0.137. The van der Waals surface area contributed by atoms with Crippen LogP contribution in [0, 0.1) is 23.1 Å². The van der Waals surface area contributed by atoms with Crippen molar-refractivity contribution in [1.82, 2.24) is 15.1 Å². The molecular weight excluding hydrogens is 423 g/mol. The Morgan fingerprint density at radius 3 is 2.73 bits per heavy atom. The van der Waals surface area contributed by atoms with Gasteiger partial charge < -0.3 is 10.0 Å². The molecule has 1 aliphatic heterocycles. The first-order chi connectivity index (χ1) is 15.9. The number of amides is 1. The van der Waals surface area contributed by atoms with E-state index in [0.717, 1.165) is 23.7 Å². The largest absolute Gasteiger partial charge is 0.503 e. The summed E-state index contributed by atoms with van der Waals surface area (Å²) in [5.74, 6) is -1.84. The molecule has 0 unspecified atom stereocenters. The van der Waals surface area contributed by atoms with Crippen LogP contribution in [0.2, 0.25) is 0 Å². The molecule has 33 heavy (non-hydrogen) atoms. The Morgan fingerprint density at radius 2 is 2.03 bits per heavy atom.